The Morgan fingerprint density at radius 2 is 2.27 bits per heavy atom. The highest BCUT2D eigenvalue weighted by Crippen LogP contribution is 2.22. The van der Waals surface area contributed by atoms with Gasteiger partial charge >= 0.3 is 0 Å². The molecular formula is C19H27FN4O2. The molecule has 0 amide bonds. The number of aliphatic hydroxyl groups excluding tert-OH is 1. The van der Waals surface area contributed by atoms with Crippen molar-refractivity contribution < 1.29 is 14.2 Å². The number of nitrogens with zero attached hydrogens (tertiary/aromatic N) is 3. The number of aliphatic hydroxyl groups is 1. The molecule has 0 bridgehead atoms. The first-order valence-corrected chi connectivity index (χ1v) is 9.24. The number of aromatic nitrogens is 2. The monoisotopic (exact) mass is 362 g/mol. The SMILES string of the molecule is CCNC1CCN(CCCc2c(F)cnc3ccc(OC)nc23)CC1O. The molecule has 1 fully saturated rings. The van der Waals surface area contributed by atoms with Crippen molar-refractivity contribution in [2.24, 2.45) is 0 Å². The van der Waals surface area contributed by atoms with Crippen LogP contribution in [0.4, 0.5) is 4.39 Å². The van der Waals surface area contributed by atoms with E-state index in [0.29, 0.717) is 35.4 Å². The number of likely N-dealkylation sites (N-methyl/N-ethyl adjacent to an activating group) is 1. The van der Waals surface area contributed by atoms with Gasteiger partial charge in [0, 0.05) is 24.2 Å². The third kappa shape index (κ3) is 4.28. The van der Waals surface area contributed by atoms with Crippen LogP contribution in [0.5, 0.6) is 5.88 Å². The van der Waals surface area contributed by atoms with Crippen LogP contribution in [-0.2, 0) is 6.42 Å². The van der Waals surface area contributed by atoms with Gasteiger partial charge in [-0.3, -0.25) is 4.98 Å². The summed E-state index contributed by atoms with van der Waals surface area (Å²) in [5.41, 5.74) is 1.82. The Hall–Kier alpha value is -1.83. The van der Waals surface area contributed by atoms with E-state index in [1.807, 2.05) is 0 Å². The lowest BCUT2D eigenvalue weighted by Gasteiger charge is -2.36. The van der Waals surface area contributed by atoms with Gasteiger partial charge in [0.25, 0.3) is 0 Å². The number of β-amino-alcohol motifs (C(OH)–C–C–N with tert-alkyl or cyclic N) is 1. The van der Waals surface area contributed by atoms with E-state index in [0.717, 1.165) is 32.5 Å². The number of likely N-dealkylation sites (tertiary alicyclic amines) is 1. The van der Waals surface area contributed by atoms with E-state index in [4.69, 9.17) is 4.74 Å². The van der Waals surface area contributed by atoms with Gasteiger partial charge in [-0.1, -0.05) is 6.92 Å². The summed E-state index contributed by atoms with van der Waals surface area (Å²) in [6.45, 7) is 5.34. The van der Waals surface area contributed by atoms with Crippen LogP contribution in [0.15, 0.2) is 18.3 Å². The van der Waals surface area contributed by atoms with Crippen LogP contribution in [0.2, 0.25) is 0 Å². The van der Waals surface area contributed by atoms with E-state index in [9.17, 15) is 9.50 Å². The maximum atomic E-state index is 14.3. The highest BCUT2D eigenvalue weighted by atomic mass is 19.1. The molecule has 3 rings (SSSR count). The second-order valence-electron chi connectivity index (χ2n) is 6.73. The van der Waals surface area contributed by atoms with Crippen molar-refractivity contribution >= 4 is 11.0 Å². The van der Waals surface area contributed by atoms with Crippen molar-refractivity contribution in [3.8, 4) is 5.88 Å². The summed E-state index contributed by atoms with van der Waals surface area (Å²) < 4.78 is 19.5. The van der Waals surface area contributed by atoms with E-state index in [-0.39, 0.29) is 18.0 Å². The van der Waals surface area contributed by atoms with E-state index >= 15 is 0 Å². The van der Waals surface area contributed by atoms with Crippen molar-refractivity contribution in [3.05, 3.63) is 29.7 Å². The zero-order chi connectivity index (χ0) is 18.5. The number of fused-ring (bicyclic) bond motifs is 1. The molecule has 2 unspecified atom stereocenters. The third-order valence-electron chi connectivity index (χ3n) is 4.98. The number of hydrogen-bond acceptors (Lipinski definition) is 6. The van der Waals surface area contributed by atoms with Crippen LogP contribution in [0.25, 0.3) is 11.0 Å². The van der Waals surface area contributed by atoms with Gasteiger partial charge in [0.1, 0.15) is 5.82 Å². The fourth-order valence-electron chi connectivity index (χ4n) is 3.61. The minimum atomic E-state index is -0.354. The number of pyridine rings is 2. The van der Waals surface area contributed by atoms with Crippen LogP contribution in [0.1, 0.15) is 25.3 Å². The van der Waals surface area contributed by atoms with Crippen molar-refractivity contribution in [3.63, 3.8) is 0 Å². The number of halogens is 1. The summed E-state index contributed by atoms with van der Waals surface area (Å²) in [6.07, 6.45) is 3.22. The molecule has 1 aliphatic rings. The molecule has 6 nitrogen and oxygen atoms in total. The van der Waals surface area contributed by atoms with Crippen molar-refractivity contribution in [1.82, 2.24) is 20.2 Å². The second kappa shape index (κ2) is 8.70. The number of piperidine rings is 1. The minimum absolute atomic E-state index is 0.175. The van der Waals surface area contributed by atoms with Gasteiger partial charge in [0.15, 0.2) is 0 Å². The minimum Gasteiger partial charge on any atom is -0.481 e. The Morgan fingerprint density at radius 1 is 1.42 bits per heavy atom. The Labute approximate surface area is 153 Å². The lowest BCUT2D eigenvalue weighted by molar-refractivity contribution is 0.0408. The molecule has 0 spiro atoms. The zero-order valence-electron chi connectivity index (χ0n) is 15.4. The summed E-state index contributed by atoms with van der Waals surface area (Å²) in [6, 6.07) is 3.70. The molecule has 26 heavy (non-hydrogen) atoms. The smallest absolute Gasteiger partial charge is 0.213 e. The fourth-order valence-corrected chi connectivity index (χ4v) is 3.61. The maximum absolute atomic E-state index is 14.3. The molecule has 7 heteroatoms. The maximum Gasteiger partial charge on any atom is 0.213 e. The largest absolute Gasteiger partial charge is 0.481 e. The van der Waals surface area contributed by atoms with E-state index in [2.05, 4.69) is 27.1 Å². The Morgan fingerprint density at radius 3 is 3.00 bits per heavy atom. The van der Waals surface area contributed by atoms with Crippen LogP contribution in [-0.4, -0.2) is 65.4 Å². The van der Waals surface area contributed by atoms with Crippen LogP contribution < -0.4 is 10.1 Å². The van der Waals surface area contributed by atoms with Crippen molar-refractivity contribution in [1.29, 1.82) is 0 Å². The Kier molecular flexibility index (Phi) is 6.34. The molecule has 1 aliphatic heterocycles. The molecule has 0 saturated carbocycles. The molecule has 2 atom stereocenters. The number of rotatable bonds is 7. The molecule has 0 aliphatic carbocycles. The van der Waals surface area contributed by atoms with E-state index in [1.165, 1.54) is 6.20 Å². The lowest BCUT2D eigenvalue weighted by atomic mass is 10.0. The van der Waals surface area contributed by atoms with Gasteiger partial charge in [-0.15, -0.1) is 0 Å². The summed E-state index contributed by atoms with van der Waals surface area (Å²) in [5, 5.41) is 13.6. The first-order valence-electron chi connectivity index (χ1n) is 9.24. The standard InChI is InChI=1S/C19H27FN4O2/c1-3-21-15-8-10-24(12-17(15)25)9-4-5-13-14(20)11-22-16-6-7-18(26-2)23-19(13)16/h6-7,11,15,17,21,25H,3-5,8-10,12H2,1-2H3. The number of nitrogens with one attached hydrogen (secondary N) is 1. The van der Waals surface area contributed by atoms with Gasteiger partial charge in [-0.05, 0) is 45.0 Å². The van der Waals surface area contributed by atoms with Crippen LogP contribution in [0, 0.1) is 5.82 Å². The number of ether oxygens (including phenoxy) is 1. The molecule has 2 aromatic rings. The molecular weight excluding hydrogens is 335 g/mol. The van der Waals surface area contributed by atoms with Gasteiger partial charge < -0.3 is 20.1 Å². The number of aryl methyl sites for hydroxylation is 1. The second-order valence-corrected chi connectivity index (χ2v) is 6.73. The predicted octanol–water partition coefficient (Wildman–Crippen LogP) is 1.75. The Balaban J connectivity index is 1.62. The highest BCUT2D eigenvalue weighted by Gasteiger charge is 2.26. The Bertz CT molecular complexity index is 743. The summed E-state index contributed by atoms with van der Waals surface area (Å²) in [5.74, 6) is 0.129. The van der Waals surface area contributed by atoms with Gasteiger partial charge in [-0.25, -0.2) is 9.37 Å². The first-order chi connectivity index (χ1) is 12.6. The van der Waals surface area contributed by atoms with Crippen molar-refractivity contribution in [2.45, 2.75) is 38.3 Å². The molecule has 2 aromatic heterocycles. The number of methoxy groups -OCH3 is 1. The van der Waals surface area contributed by atoms with E-state index in [1.54, 1.807) is 19.2 Å². The molecule has 0 aromatic carbocycles. The van der Waals surface area contributed by atoms with Gasteiger partial charge in [0.2, 0.25) is 5.88 Å². The average Bonchev–Trinajstić information content (AvgIpc) is 2.65. The first kappa shape index (κ1) is 18.9. The normalized spacial score (nSPS) is 21.2. The molecule has 1 saturated heterocycles. The van der Waals surface area contributed by atoms with Gasteiger partial charge in [-0.2, -0.15) is 0 Å². The summed E-state index contributed by atoms with van der Waals surface area (Å²) in [7, 11) is 1.54. The van der Waals surface area contributed by atoms with Crippen LogP contribution in [0.3, 0.4) is 0 Å². The molecule has 0 radical (unpaired) electrons. The predicted molar refractivity (Wildman–Crippen MR) is 98.9 cm³/mol. The lowest BCUT2D eigenvalue weighted by Crippen LogP contribution is -2.52. The quantitative estimate of drug-likeness (QED) is 0.782. The average molecular weight is 362 g/mol. The zero-order valence-corrected chi connectivity index (χ0v) is 15.4. The van der Waals surface area contributed by atoms with Crippen LogP contribution >= 0.6 is 0 Å². The highest BCUT2D eigenvalue weighted by molar-refractivity contribution is 5.78. The van der Waals surface area contributed by atoms with Gasteiger partial charge in [0.05, 0.1) is 30.4 Å². The summed E-state index contributed by atoms with van der Waals surface area (Å²) >= 11 is 0. The number of hydrogen-bond donors (Lipinski definition) is 2. The molecule has 142 valence electrons. The van der Waals surface area contributed by atoms with Crippen molar-refractivity contribution in [2.75, 3.05) is 33.3 Å². The summed E-state index contributed by atoms with van der Waals surface area (Å²) in [4.78, 5) is 10.7. The topological polar surface area (TPSA) is 70.5 Å². The van der Waals surface area contributed by atoms with E-state index < -0.39 is 0 Å². The molecule has 3 heterocycles. The molecule has 2 N–H and O–H groups in total. The fraction of sp³-hybridized carbons (Fsp3) is 0.579. The third-order valence-corrected chi connectivity index (χ3v) is 4.98.